The monoisotopic (exact) mass is 291 g/mol. The minimum atomic E-state index is -0.381. The van der Waals surface area contributed by atoms with Crippen LogP contribution in [0.5, 0.6) is 0 Å². The molecule has 2 aromatic rings. The molecule has 0 radical (unpaired) electrons. The van der Waals surface area contributed by atoms with E-state index in [1.54, 1.807) is 25.3 Å². The van der Waals surface area contributed by atoms with Gasteiger partial charge in [0.2, 0.25) is 0 Å². The number of halogens is 1. The third-order valence-corrected chi connectivity index (χ3v) is 3.45. The fraction of sp³-hybridized carbons (Fsp3) is 0.438. The molecule has 2 rings (SSSR count). The summed E-state index contributed by atoms with van der Waals surface area (Å²) in [5.41, 5.74) is 2.84. The van der Waals surface area contributed by atoms with Crippen LogP contribution in [0, 0.1) is 5.82 Å². The molecule has 1 heterocycles. The maximum absolute atomic E-state index is 13.0. The van der Waals surface area contributed by atoms with Gasteiger partial charge in [0.25, 0.3) is 0 Å². The van der Waals surface area contributed by atoms with Crippen molar-refractivity contribution in [3.8, 4) is 11.3 Å². The molecule has 2 N–H and O–H groups in total. The lowest BCUT2D eigenvalue weighted by atomic mass is 10.1. The summed E-state index contributed by atoms with van der Waals surface area (Å²) >= 11 is 0. The Balaban J connectivity index is 2.21. The van der Waals surface area contributed by atoms with Gasteiger partial charge in [0.15, 0.2) is 0 Å². The van der Waals surface area contributed by atoms with Crippen molar-refractivity contribution in [2.24, 2.45) is 0 Å². The van der Waals surface area contributed by atoms with Crippen molar-refractivity contribution < 1.29 is 9.50 Å². The third-order valence-electron chi connectivity index (χ3n) is 3.45. The fourth-order valence-corrected chi connectivity index (χ4v) is 2.31. The highest BCUT2D eigenvalue weighted by molar-refractivity contribution is 5.62. The Bertz CT molecular complexity index is 563. The minimum Gasteiger partial charge on any atom is -0.392 e. The molecule has 1 aromatic carbocycles. The molecule has 1 aromatic heterocycles. The normalized spacial score (nSPS) is 13.1. The summed E-state index contributed by atoms with van der Waals surface area (Å²) in [4.78, 5) is 2.18. The largest absolute Gasteiger partial charge is 0.392 e. The summed E-state index contributed by atoms with van der Waals surface area (Å²) in [6.45, 7) is 7.27. The van der Waals surface area contributed by atoms with Gasteiger partial charge < -0.3 is 5.11 Å². The van der Waals surface area contributed by atoms with Crippen LogP contribution in [0.25, 0.3) is 11.3 Å². The molecular weight excluding hydrogens is 269 g/mol. The van der Waals surface area contributed by atoms with Crippen molar-refractivity contribution in [2.45, 2.75) is 39.5 Å². The van der Waals surface area contributed by atoms with Crippen molar-refractivity contribution in [2.75, 3.05) is 6.54 Å². The van der Waals surface area contributed by atoms with Crippen LogP contribution < -0.4 is 0 Å². The topological polar surface area (TPSA) is 52.1 Å². The summed E-state index contributed by atoms with van der Waals surface area (Å²) in [5.74, 6) is -0.252. The summed E-state index contributed by atoms with van der Waals surface area (Å²) in [6, 6.07) is 6.67. The number of hydrogen-bond acceptors (Lipinski definition) is 3. The third kappa shape index (κ3) is 4.12. The molecule has 0 bridgehead atoms. The lowest BCUT2D eigenvalue weighted by Gasteiger charge is -2.27. The van der Waals surface area contributed by atoms with E-state index in [9.17, 15) is 9.50 Å². The SMILES string of the molecule is CC(O)CN(Cc1cn[nH]c1-c1ccc(F)cc1)C(C)C. The van der Waals surface area contributed by atoms with Crippen LogP contribution in [-0.4, -0.2) is 38.9 Å². The Morgan fingerprint density at radius 2 is 1.90 bits per heavy atom. The second-order valence-electron chi connectivity index (χ2n) is 5.65. The molecule has 0 amide bonds. The van der Waals surface area contributed by atoms with Crippen LogP contribution in [0.4, 0.5) is 4.39 Å². The molecule has 4 nitrogen and oxygen atoms in total. The highest BCUT2D eigenvalue weighted by atomic mass is 19.1. The molecule has 0 spiro atoms. The van der Waals surface area contributed by atoms with Crippen molar-refractivity contribution >= 4 is 0 Å². The quantitative estimate of drug-likeness (QED) is 0.860. The number of aromatic nitrogens is 2. The summed E-state index contributed by atoms with van der Waals surface area (Å²) < 4.78 is 13.0. The molecule has 0 aliphatic heterocycles. The predicted molar refractivity (Wildman–Crippen MR) is 81.2 cm³/mol. The molecule has 0 fully saturated rings. The van der Waals surface area contributed by atoms with Crippen LogP contribution >= 0.6 is 0 Å². The van der Waals surface area contributed by atoms with Crippen LogP contribution in [0.15, 0.2) is 30.5 Å². The number of hydrogen-bond donors (Lipinski definition) is 2. The minimum absolute atomic E-state index is 0.252. The molecule has 1 atom stereocenters. The van der Waals surface area contributed by atoms with Gasteiger partial charge in [-0.25, -0.2) is 4.39 Å². The Labute approximate surface area is 124 Å². The molecule has 5 heteroatoms. The second kappa shape index (κ2) is 6.83. The van der Waals surface area contributed by atoms with Crippen molar-refractivity contribution in [1.29, 1.82) is 0 Å². The van der Waals surface area contributed by atoms with E-state index in [-0.39, 0.29) is 11.9 Å². The Morgan fingerprint density at radius 3 is 2.48 bits per heavy atom. The molecule has 1 unspecified atom stereocenters. The predicted octanol–water partition coefficient (Wildman–Crippen LogP) is 2.81. The number of aliphatic hydroxyl groups is 1. The Kier molecular flexibility index (Phi) is 5.09. The van der Waals surface area contributed by atoms with Crippen molar-refractivity contribution in [3.05, 3.63) is 41.8 Å². The number of benzene rings is 1. The average Bonchev–Trinajstić information content (AvgIpc) is 2.86. The summed E-state index contributed by atoms with van der Waals surface area (Å²) in [6.07, 6.45) is 1.41. The zero-order valence-corrected chi connectivity index (χ0v) is 12.7. The van der Waals surface area contributed by atoms with Gasteiger partial charge in [0, 0.05) is 30.3 Å². The fourth-order valence-electron chi connectivity index (χ4n) is 2.31. The lowest BCUT2D eigenvalue weighted by Crippen LogP contribution is -2.36. The Hall–Kier alpha value is -1.72. The molecule has 21 heavy (non-hydrogen) atoms. The van der Waals surface area contributed by atoms with E-state index < -0.39 is 0 Å². The smallest absolute Gasteiger partial charge is 0.123 e. The van der Waals surface area contributed by atoms with Crippen LogP contribution in [0.1, 0.15) is 26.3 Å². The zero-order chi connectivity index (χ0) is 15.4. The molecule has 0 saturated heterocycles. The van der Waals surface area contributed by atoms with E-state index in [1.165, 1.54) is 12.1 Å². The van der Waals surface area contributed by atoms with Crippen LogP contribution in [0.2, 0.25) is 0 Å². The van der Waals surface area contributed by atoms with Gasteiger partial charge >= 0.3 is 0 Å². The summed E-state index contributed by atoms with van der Waals surface area (Å²) in [5, 5.41) is 16.7. The number of rotatable bonds is 6. The average molecular weight is 291 g/mol. The molecule has 0 saturated carbocycles. The van der Waals surface area contributed by atoms with E-state index >= 15 is 0 Å². The maximum atomic E-state index is 13.0. The van der Waals surface area contributed by atoms with E-state index in [0.717, 1.165) is 16.8 Å². The first-order valence-electron chi connectivity index (χ1n) is 7.17. The van der Waals surface area contributed by atoms with Gasteiger partial charge in [-0.05, 0) is 45.0 Å². The number of aliphatic hydroxyl groups excluding tert-OH is 1. The number of nitrogens with zero attached hydrogens (tertiary/aromatic N) is 2. The highest BCUT2D eigenvalue weighted by Crippen LogP contribution is 2.23. The highest BCUT2D eigenvalue weighted by Gasteiger charge is 2.16. The first-order valence-corrected chi connectivity index (χ1v) is 7.17. The number of H-pyrrole nitrogens is 1. The van der Waals surface area contributed by atoms with Crippen LogP contribution in [0.3, 0.4) is 0 Å². The Morgan fingerprint density at radius 1 is 1.24 bits per heavy atom. The van der Waals surface area contributed by atoms with E-state index in [0.29, 0.717) is 19.1 Å². The molecule has 0 aliphatic rings. The van der Waals surface area contributed by atoms with Gasteiger partial charge in [-0.1, -0.05) is 0 Å². The first kappa shape index (κ1) is 15.7. The zero-order valence-electron chi connectivity index (χ0n) is 12.7. The lowest BCUT2D eigenvalue weighted by molar-refractivity contribution is 0.103. The standard InChI is InChI=1S/C16H22FN3O/c1-11(2)20(9-12(3)21)10-14-8-18-19-16(14)13-4-6-15(17)7-5-13/h4-8,11-12,21H,9-10H2,1-3H3,(H,18,19). The van der Waals surface area contributed by atoms with Crippen molar-refractivity contribution in [3.63, 3.8) is 0 Å². The van der Waals surface area contributed by atoms with Gasteiger partial charge in [-0.2, -0.15) is 5.10 Å². The van der Waals surface area contributed by atoms with E-state index in [2.05, 4.69) is 28.9 Å². The number of aromatic amines is 1. The number of nitrogens with one attached hydrogen (secondary N) is 1. The van der Waals surface area contributed by atoms with E-state index in [4.69, 9.17) is 0 Å². The van der Waals surface area contributed by atoms with Gasteiger partial charge in [-0.15, -0.1) is 0 Å². The first-order chi connectivity index (χ1) is 9.97. The summed E-state index contributed by atoms with van der Waals surface area (Å²) in [7, 11) is 0. The molecular formula is C16H22FN3O. The second-order valence-corrected chi connectivity index (χ2v) is 5.65. The maximum Gasteiger partial charge on any atom is 0.123 e. The molecule has 114 valence electrons. The van der Waals surface area contributed by atoms with E-state index in [1.807, 2.05) is 0 Å². The van der Waals surface area contributed by atoms with Gasteiger partial charge in [0.1, 0.15) is 5.82 Å². The van der Waals surface area contributed by atoms with Crippen molar-refractivity contribution in [1.82, 2.24) is 15.1 Å². The van der Waals surface area contributed by atoms with Crippen LogP contribution in [-0.2, 0) is 6.54 Å². The van der Waals surface area contributed by atoms with Gasteiger partial charge in [0.05, 0.1) is 18.0 Å². The molecule has 0 aliphatic carbocycles. The van der Waals surface area contributed by atoms with Gasteiger partial charge in [-0.3, -0.25) is 10.00 Å².